The van der Waals surface area contributed by atoms with E-state index in [1.807, 2.05) is 12.4 Å². The number of hydrogen-bond acceptors (Lipinski definition) is 3. The van der Waals surface area contributed by atoms with E-state index in [4.69, 9.17) is 11.6 Å². The Labute approximate surface area is 102 Å². The van der Waals surface area contributed by atoms with Crippen molar-refractivity contribution in [1.29, 1.82) is 0 Å². The number of thiazole rings is 1. The Kier molecular flexibility index (Phi) is 3.53. The van der Waals surface area contributed by atoms with Gasteiger partial charge in [0.05, 0.1) is 10.7 Å². The minimum absolute atomic E-state index is 0.135. The Morgan fingerprint density at radius 2 is 2.31 bits per heavy atom. The van der Waals surface area contributed by atoms with E-state index in [0.717, 1.165) is 16.3 Å². The molecule has 2 aromatic rings. The smallest absolute Gasteiger partial charge is 0.142 e. The van der Waals surface area contributed by atoms with Crippen LogP contribution in [-0.4, -0.2) is 12.0 Å². The van der Waals surface area contributed by atoms with E-state index >= 15 is 0 Å². The molecule has 0 saturated heterocycles. The van der Waals surface area contributed by atoms with Gasteiger partial charge in [0.1, 0.15) is 10.8 Å². The second kappa shape index (κ2) is 4.91. The van der Waals surface area contributed by atoms with Crippen molar-refractivity contribution in [2.75, 3.05) is 7.05 Å². The molecule has 1 aromatic heterocycles. The van der Waals surface area contributed by atoms with E-state index in [1.54, 1.807) is 12.1 Å². The first-order chi connectivity index (χ1) is 7.70. The Hall–Kier alpha value is -0.970. The maximum atomic E-state index is 13.3. The molecule has 1 heterocycles. The molecular formula is C11H10ClFN2S. The van der Waals surface area contributed by atoms with Crippen molar-refractivity contribution < 1.29 is 4.39 Å². The fourth-order valence-corrected chi connectivity index (χ4v) is 2.27. The number of nitrogens with zero attached hydrogens (tertiary/aromatic N) is 1. The number of aromatic nitrogens is 1. The largest absolute Gasteiger partial charge is 0.314 e. The van der Waals surface area contributed by atoms with E-state index < -0.39 is 5.82 Å². The lowest BCUT2D eigenvalue weighted by atomic mass is 10.2. The quantitative estimate of drug-likeness (QED) is 0.911. The summed E-state index contributed by atoms with van der Waals surface area (Å²) in [5.74, 6) is -0.412. The molecule has 1 N–H and O–H groups in total. The predicted molar refractivity (Wildman–Crippen MR) is 65.3 cm³/mol. The first-order valence-electron chi connectivity index (χ1n) is 4.75. The van der Waals surface area contributed by atoms with Gasteiger partial charge in [-0.1, -0.05) is 17.7 Å². The highest BCUT2D eigenvalue weighted by Gasteiger charge is 2.07. The maximum Gasteiger partial charge on any atom is 0.142 e. The first kappa shape index (κ1) is 11.5. The van der Waals surface area contributed by atoms with Crippen molar-refractivity contribution in [3.8, 4) is 10.6 Å². The molecule has 5 heteroatoms. The summed E-state index contributed by atoms with van der Waals surface area (Å²) in [6, 6.07) is 4.73. The van der Waals surface area contributed by atoms with Gasteiger partial charge in [-0.15, -0.1) is 11.3 Å². The van der Waals surface area contributed by atoms with Crippen LogP contribution in [-0.2, 0) is 6.54 Å². The number of hydrogen-bond donors (Lipinski definition) is 1. The van der Waals surface area contributed by atoms with Crippen LogP contribution in [0.3, 0.4) is 0 Å². The lowest BCUT2D eigenvalue weighted by Gasteiger charge is -1.98. The molecule has 0 spiro atoms. The molecule has 84 valence electrons. The molecule has 0 aliphatic heterocycles. The van der Waals surface area contributed by atoms with E-state index in [9.17, 15) is 4.39 Å². The van der Waals surface area contributed by atoms with Crippen molar-refractivity contribution in [2.45, 2.75) is 6.54 Å². The van der Waals surface area contributed by atoms with Crippen molar-refractivity contribution in [3.63, 3.8) is 0 Å². The second-order valence-corrected chi connectivity index (χ2v) is 4.57. The number of rotatable bonds is 3. The summed E-state index contributed by atoms with van der Waals surface area (Å²) in [6.07, 6.45) is 0. The third kappa shape index (κ3) is 2.40. The van der Waals surface area contributed by atoms with Gasteiger partial charge < -0.3 is 5.32 Å². The zero-order valence-electron chi connectivity index (χ0n) is 8.63. The Morgan fingerprint density at radius 1 is 1.50 bits per heavy atom. The van der Waals surface area contributed by atoms with Crippen LogP contribution in [0.25, 0.3) is 10.6 Å². The lowest BCUT2D eigenvalue weighted by Crippen LogP contribution is -2.04. The van der Waals surface area contributed by atoms with Gasteiger partial charge in [-0.25, -0.2) is 9.37 Å². The van der Waals surface area contributed by atoms with Crippen molar-refractivity contribution in [1.82, 2.24) is 10.3 Å². The molecule has 0 radical (unpaired) electrons. The first-order valence-corrected chi connectivity index (χ1v) is 6.01. The number of benzene rings is 1. The van der Waals surface area contributed by atoms with Gasteiger partial charge >= 0.3 is 0 Å². The van der Waals surface area contributed by atoms with Crippen LogP contribution in [0.5, 0.6) is 0 Å². The van der Waals surface area contributed by atoms with Gasteiger partial charge in [-0.05, 0) is 19.2 Å². The van der Waals surface area contributed by atoms with Gasteiger partial charge in [-0.3, -0.25) is 0 Å². The Balaban J connectivity index is 2.31. The van der Waals surface area contributed by atoms with Crippen LogP contribution in [0, 0.1) is 5.82 Å². The zero-order chi connectivity index (χ0) is 11.5. The van der Waals surface area contributed by atoms with Crippen LogP contribution in [0.15, 0.2) is 23.6 Å². The van der Waals surface area contributed by atoms with Gasteiger partial charge in [-0.2, -0.15) is 0 Å². The summed E-state index contributed by atoms with van der Waals surface area (Å²) >= 11 is 7.12. The molecule has 2 nitrogen and oxygen atoms in total. The molecular weight excluding hydrogens is 247 g/mol. The maximum absolute atomic E-state index is 13.3. The third-order valence-electron chi connectivity index (χ3n) is 2.08. The fraction of sp³-hybridized carbons (Fsp3) is 0.182. The highest BCUT2D eigenvalue weighted by Crippen LogP contribution is 2.26. The third-order valence-corrected chi connectivity index (χ3v) is 3.32. The molecule has 0 saturated carbocycles. The normalized spacial score (nSPS) is 10.7. The van der Waals surface area contributed by atoms with E-state index in [2.05, 4.69) is 10.3 Å². The number of halogens is 2. The summed E-state index contributed by atoms with van der Waals surface area (Å²) in [6.45, 7) is 0.715. The van der Waals surface area contributed by atoms with Crippen LogP contribution in [0.2, 0.25) is 5.02 Å². The summed E-state index contributed by atoms with van der Waals surface area (Å²) in [5, 5.41) is 5.92. The number of nitrogens with one attached hydrogen (secondary N) is 1. The van der Waals surface area contributed by atoms with E-state index in [1.165, 1.54) is 17.4 Å². The molecule has 0 bridgehead atoms. The van der Waals surface area contributed by atoms with Gasteiger partial charge in [0.25, 0.3) is 0 Å². The highest BCUT2D eigenvalue weighted by atomic mass is 35.5. The highest BCUT2D eigenvalue weighted by molar-refractivity contribution is 7.13. The Morgan fingerprint density at radius 3 is 3.00 bits per heavy atom. The SMILES string of the molecule is CNCc1csc(-c2ccc(Cl)c(F)c2)n1. The second-order valence-electron chi connectivity index (χ2n) is 3.30. The zero-order valence-corrected chi connectivity index (χ0v) is 10.2. The molecule has 0 aliphatic carbocycles. The topological polar surface area (TPSA) is 24.9 Å². The van der Waals surface area contributed by atoms with Crippen molar-refractivity contribution in [2.24, 2.45) is 0 Å². The molecule has 0 aliphatic rings. The molecule has 0 atom stereocenters. The molecule has 2 rings (SSSR count). The summed E-state index contributed by atoms with van der Waals surface area (Å²) in [5.41, 5.74) is 1.71. The van der Waals surface area contributed by atoms with Gasteiger partial charge in [0.2, 0.25) is 0 Å². The van der Waals surface area contributed by atoms with E-state index in [0.29, 0.717) is 6.54 Å². The molecule has 0 unspecified atom stereocenters. The van der Waals surface area contributed by atoms with Crippen LogP contribution < -0.4 is 5.32 Å². The van der Waals surface area contributed by atoms with E-state index in [-0.39, 0.29) is 5.02 Å². The van der Waals surface area contributed by atoms with Gasteiger partial charge in [0.15, 0.2) is 0 Å². The Bertz CT molecular complexity index is 498. The minimum atomic E-state index is -0.412. The molecule has 0 amide bonds. The van der Waals surface area contributed by atoms with Crippen LogP contribution in [0.4, 0.5) is 4.39 Å². The molecule has 0 fully saturated rings. The van der Waals surface area contributed by atoms with Crippen molar-refractivity contribution >= 4 is 22.9 Å². The van der Waals surface area contributed by atoms with Crippen LogP contribution >= 0.6 is 22.9 Å². The fourth-order valence-electron chi connectivity index (χ4n) is 1.33. The minimum Gasteiger partial charge on any atom is -0.314 e. The average Bonchev–Trinajstić information content (AvgIpc) is 2.71. The summed E-state index contributed by atoms with van der Waals surface area (Å²) in [7, 11) is 1.86. The van der Waals surface area contributed by atoms with Crippen molar-refractivity contribution in [3.05, 3.63) is 40.1 Å². The summed E-state index contributed by atoms with van der Waals surface area (Å²) < 4.78 is 13.3. The van der Waals surface area contributed by atoms with Crippen LogP contribution in [0.1, 0.15) is 5.69 Å². The molecule has 16 heavy (non-hydrogen) atoms. The average molecular weight is 257 g/mol. The monoisotopic (exact) mass is 256 g/mol. The standard InChI is InChI=1S/C11H10ClFN2S/c1-14-5-8-6-16-11(15-8)7-2-3-9(12)10(13)4-7/h2-4,6,14H,5H2,1H3. The summed E-state index contributed by atoms with van der Waals surface area (Å²) in [4.78, 5) is 4.39. The van der Waals surface area contributed by atoms with Gasteiger partial charge in [0, 0.05) is 17.5 Å². The lowest BCUT2D eigenvalue weighted by molar-refractivity contribution is 0.629. The molecule has 1 aromatic carbocycles. The predicted octanol–water partition coefficient (Wildman–Crippen LogP) is 3.32.